The number of unbranched alkanes of at least 4 members (excludes halogenated alkanes) is 1. The van der Waals surface area contributed by atoms with Gasteiger partial charge in [0.15, 0.2) is 5.16 Å². The van der Waals surface area contributed by atoms with Gasteiger partial charge in [0.05, 0.1) is 10.9 Å². The van der Waals surface area contributed by atoms with E-state index >= 15 is 0 Å². The van der Waals surface area contributed by atoms with Gasteiger partial charge in [0.25, 0.3) is 0 Å². The van der Waals surface area contributed by atoms with E-state index in [1.807, 2.05) is 45.9 Å². The molecule has 25 heavy (non-hydrogen) atoms. The molecule has 1 N–H and O–H groups in total. The minimum atomic E-state index is -0.208. The Kier molecular flexibility index (Phi) is 6.71. The van der Waals surface area contributed by atoms with E-state index in [2.05, 4.69) is 28.7 Å². The number of benzene rings is 1. The summed E-state index contributed by atoms with van der Waals surface area (Å²) in [5, 5.41) is 3.82. The van der Waals surface area contributed by atoms with E-state index in [-0.39, 0.29) is 11.2 Å². The SMILES string of the molecule is CCCCn1c(SC(C)C(=O)Nc2c(C)cccc2C)nc(C)c1C. The molecular formula is C20H29N3OS. The molecule has 1 aromatic heterocycles. The Hall–Kier alpha value is -1.75. The third-order valence-corrected chi connectivity index (χ3v) is 5.63. The van der Waals surface area contributed by atoms with Crippen molar-refractivity contribution >= 4 is 23.4 Å². The average Bonchev–Trinajstić information content (AvgIpc) is 2.83. The zero-order chi connectivity index (χ0) is 18.6. The molecule has 0 fully saturated rings. The minimum Gasteiger partial charge on any atom is -0.325 e. The number of thioether (sulfide) groups is 1. The molecule has 2 aromatic rings. The molecule has 0 aliphatic heterocycles. The molecule has 0 saturated heterocycles. The molecular weight excluding hydrogens is 330 g/mol. The molecule has 0 aliphatic carbocycles. The second kappa shape index (κ2) is 8.56. The van der Waals surface area contributed by atoms with Crippen LogP contribution >= 0.6 is 11.8 Å². The third kappa shape index (κ3) is 4.66. The molecule has 1 unspecified atom stereocenters. The number of anilines is 1. The van der Waals surface area contributed by atoms with Gasteiger partial charge in [0, 0.05) is 17.9 Å². The second-order valence-electron chi connectivity index (χ2n) is 6.59. The van der Waals surface area contributed by atoms with Crippen LogP contribution in [-0.4, -0.2) is 20.7 Å². The number of aryl methyl sites for hydroxylation is 3. The fourth-order valence-electron chi connectivity index (χ4n) is 2.74. The maximum atomic E-state index is 12.7. The van der Waals surface area contributed by atoms with Crippen LogP contribution in [0.5, 0.6) is 0 Å². The van der Waals surface area contributed by atoms with Crippen molar-refractivity contribution in [2.24, 2.45) is 0 Å². The first-order valence-corrected chi connectivity index (χ1v) is 9.80. The fraction of sp³-hybridized carbons (Fsp3) is 0.500. The lowest BCUT2D eigenvalue weighted by Crippen LogP contribution is -2.24. The summed E-state index contributed by atoms with van der Waals surface area (Å²) in [5.74, 6) is 0.0164. The quantitative estimate of drug-likeness (QED) is 0.705. The lowest BCUT2D eigenvalue weighted by molar-refractivity contribution is -0.115. The Morgan fingerprint density at radius 1 is 1.24 bits per heavy atom. The number of nitrogens with zero attached hydrogens (tertiary/aromatic N) is 2. The lowest BCUT2D eigenvalue weighted by Gasteiger charge is -2.16. The highest BCUT2D eigenvalue weighted by molar-refractivity contribution is 8.00. The van der Waals surface area contributed by atoms with Crippen LogP contribution in [0.4, 0.5) is 5.69 Å². The molecule has 1 atom stereocenters. The Morgan fingerprint density at radius 3 is 2.48 bits per heavy atom. The first kappa shape index (κ1) is 19.6. The zero-order valence-corrected chi connectivity index (χ0v) is 17.0. The number of aromatic nitrogens is 2. The molecule has 136 valence electrons. The molecule has 0 spiro atoms. The summed E-state index contributed by atoms with van der Waals surface area (Å²) in [5.41, 5.74) is 5.32. The van der Waals surface area contributed by atoms with Crippen LogP contribution in [-0.2, 0) is 11.3 Å². The predicted molar refractivity (Wildman–Crippen MR) is 106 cm³/mol. The fourth-order valence-corrected chi connectivity index (χ4v) is 3.77. The normalized spacial score (nSPS) is 12.2. The van der Waals surface area contributed by atoms with Crippen molar-refractivity contribution in [2.45, 2.75) is 71.3 Å². The molecule has 0 radical (unpaired) electrons. The summed E-state index contributed by atoms with van der Waals surface area (Å²) in [6.45, 7) is 13.3. The molecule has 0 saturated carbocycles. The number of hydrogen-bond donors (Lipinski definition) is 1. The Labute approximate surface area is 155 Å². The summed E-state index contributed by atoms with van der Waals surface area (Å²) in [4.78, 5) is 17.3. The Morgan fingerprint density at radius 2 is 1.88 bits per heavy atom. The van der Waals surface area contributed by atoms with Gasteiger partial charge in [-0.15, -0.1) is 0 Å². The number of carbonyl (C=O) groups is 1. The van der Waals surface area contributed by atoms with E-state index in [1.165, 1.54) is 17.5 Å². The topological polar surface area (TPSA) is 46.9 Å². The number of rotatable bonds is 7. The molecule has 0 aliphatic rings. The second-order valence-corrected chi connectivity index (χ2v) is 7.89. The maximum absolute atomic E-state index is 12.7. The van der Waals surface area contributed by atoms with Crippen molar-refractivity contribution in [3.05, 3.63) is 40.7 Å². The molecule has 5 heteroatoms. The van der Waals surface area contributed by atoms with E-state index in [0.29, 0.717) is 0 Å². The van der Waals surface area contributed by atoms with Crippen LogP contribution in [0.15, 0.2) is 23.4 Å². The summed E-state index contributed by atoms with van der Waals surface area (Å²) in [7, 11) is 0. The summed E-state index contributed by atoms with van der Waals surface area (Å²) in [6, 6.07) is 6.05. The van der Waals surface area contributed by atoms with Crippen molar-refractivity contribution in [3.63, 3.8) is 0 Å². The number of para-hydroxylation sites is 1. The molecule has 1 heterocycles. The number of amides is 1. The number of imidazole rings is 1. The van der Waals surface area contributed by atoms with Crippen molar-refractivity contribution in [1.29, 1.82) is 0 Å². The zero-order valence-electron chi connectivity index (χ0n) is 16.1. The highest BCUT2D eigenvalue weighted by Gasteiger charge is 2.20. The number of carbonyl (C=O) groups excluding carboxylic acids is 1. The van der Waals surface area contributed by atoms with E-state index in [0.717, 1.165) is 47.1 Å². The van der Waals surface area contributed by atoms with Crippen LogP contribution in [0.3, 0.4) is 0 Å². The molecule has 2 rings (SSSR count). The van der Waals surface area contributed by atoms with E-state index < -0.39 is 0 Å². The lowest BCUT2D eigenvalue weighted by atomic mass is 10.1. The first-order chi connectivity index (χ1) is 11.8. The largest absolute Gasteiger partial charge is 0.325 e. The monoisotopic (exact) mass is 359 g/mol. The highest BCUT2D eigenvalue weighted by Crippen LogP contribution is 2.27. The minimum absolute atomic E-state index is 0.0164. The van der Waals surface area contributed by atoms with Gasteiger partial charge in [-0.3, -0.25) is 4.79 Å². The Bertz CT molecular complexity index is 731. The van der Waals surface area contributed by atoms with Gasteiger partial charge in [-0.25, -0.2) is 4.98 Å². The van der Waals surface area contributed by atoms with Crippen LogP contribution < -0.4 is 5.32 Å². The average molecular weight is 360 g/mol. The van der Waals surface area contributed by atoms with Gasteiger partial charge in [-0.05, 0) is 52.2 Å². The van der Waals surface area contributed by atoms with Crippen LogP contribution in [0.2, 0.25) is 0 Å². The predicted octanol–water partition coefficient (Wildman–Crippen LogP) is 5.04. The van der Waals surface area contributed by atoms with Crippen molar-refractivity contribution in [3.8, 4) is 0 Å². The number of hydrogen-bond acceptors (Lipinski definition) is 3. The summed E-state index contributed by atoms with van der Waals surface area (Å²) < 4.78 is 2.24. The van der Waals surface area contributed by atoms with Crippen LogP contribution in [0.1, 0.15) is 49.2 Å². The van der Waals surface area contributed by atoms with Gasteiger partial charge in [0.1, 0.15) is 0 Å². The molecule has 1 amide bonds. The van der Waals surface area contributed by atoms with Gasteiger partial charge < -0.3 is 9.88 Å². The summed E-state index contributed by atoms with van der Waals surface area (Å²) in [6.07, 6.45) is 2.26. The van der Waals surface area contributed by atoms with E-state index in [1.54, 1.807) is 0 Å². The molecule has 4 nitrogen and oxygen atoms in total. The number of nitrogens with one attached hydrogen (secondary N) is 1. The summed E-state index contributed by atoms with van der Waals surface area (Å²) >= 11 is 1.53. The van der Waals surface area contributed by atoms with E-state index in [9.17, 15) is 4.79 Å². The Balaban J connectivity index is 2.12. The van der Waals surface area contributed by atoms with Crippen LogP contribution in [0, 0.1) is 27.7 Å². The van der Waals surface area contributed by atoms with E-state index in [4.69, 9.17) is 0 Å². The first-order valence-electron chi connectivity index (χ1n) is 8.92. The smallest absolute Gasteiger partial charge is 0.237 e. The van der Waals surface area contributed by atoms with Gasteiger partial charge >= 0.3 is 0 Å². The third-order valence-electron chi connectivity index (χ3n) is 4.54. The standard InChI is InChI=1S/C20H29N3OS/c1-7-8-12-23-16(5)15(4)21-20(23)25-17(6)19(24)22-18-13(2)10-9-11-14(18)3/h9-11,17H,7-8,12H2,1-6H3,(H,22,24). The highest BCUT2D eigenvalue weighted by atomic mass is 32.2. The van der Waals surface area contributed by atoms with Crippen molar-refractivity contribution < 1.29 is 4.79 Å². The van der Waals surface area contributed by atoms with Gasteiger partial charge in [-0.2, -0.15) is 0 Å². The molecule has 0 bridgehead atoms. The van der Waals surface area contributed by atoms with Crippen LogP contribution in [0.25, 0.3) is 0 Å². The van der Waals surface area contributed by atoms with Crippen molar-refractivity contribution in [1.82, 2.24) is 9.55 Å². The maximum Gasteiger partial charge on any atom is 0.237 e. The van der Waals surface area contributed by atoms with Gasteiger partial charge in [0.2, 0.25) is 5.91 Å². The van der Waals surface area contributed by atoms with Crippen molar-refractivity contribution in [2.75, 3.05) is 5.32 Å². The van der Waals surface area contributed by atoms with Gasteiger partial charge in [-0.1, -0.05) is 43.3 Å². The molecule has 1 aromatic carbocycles.